The zero-order chi connectivity index (χ0) is 7.28. The van der Waals surface area contributed by atoms with Gasteiger partial charge in [-0.15, -0.1) is 0 Å². The molecule has 0 saturated heterocycles. The molecule has 9 heavy (non-hydrogen) atoms. The summed E-state index contributed by atoms with van der Waals surface area (Å²) in [5.74, 6) is 0.178. The Morgan fingerprint density at radius 3 is 2.33 bits per heavy atom. The second-order valence-corrected chi connectivity index (χ2v) is 1.78. The Balaban J connectivity index is 3.31. The van der Waals surface area contributed by atoms with Gasteiger partial charge < -0.3 is 19.8 Å². The average Bonchev–Trinajstić information content (AvgIpc) is 1.82. The van der Waals surface area contributed by atoms with Crippen molar-refractivity contribution in [2.24, 2.45) is 0 Å². The van der Waals surface area contributed by atoms with Crippen LogP contribution in [0.25, 0.3) is 0 Å². The summed E-state index contributed by atoms with van der Waals surface area (Å²) in [4.78, 5) is 0. The standard InChI is InChI=1S/C3H7BO4S/c5-1-3(2-9)8-4(6)7/h3,5,9H,1-2H2/q-2. The lowest BCUT2D eigenvalue weighted by molar-refractivity contribution is -0.384. The van der Waals surface area contributed by atoms with Crippen LogP contribution in [0, 0.1) is 0 Å². The minimum absolute atomic E-state index is 0.178. The van der Waals surface area contributed by atoms with Crippen LogP contribution in [0.3, 0.4) is 0 Å². The van der Waals surface area contributed by atoms with Crippen LogP contribution in [0.4, 0.5) is 0 Å². The Bertz CT molecular complexity index is 66.8. The molecular formula is C3H7BO4S-2. The molecular weight excluding hydrogens is 143 g/mol. The third-order valence-corrected chi connectivity index (χ3v) is 1.12. The van der Waals surface area contributed by atoms with E-state index in [2.05, 4.69) is 17.3 Å². The van der Waals surface area contributed by atoms with E-state index in [0.29, 0.717) is 0 Å². The van der Waals surface area contributed by atoms with E-state index in [1.54, 1.807) is 0 Å². The molecule has 0 spiro atoms. The van der Waals surface area contributed by atoms with Gasteiger partial charge in [-0.2, -0.15) is 12.6 Å². The van der Waals surface area contributed by atoms with Crippen molar-refractivity contribution in [2.45, 2.75) is 6.10 Å². The van der Waals surface area contributed by atoms with Gasteiger partial charge in [-0.05, 0) is 0 Å². The van der Waals surface area contributed by atoms with Crippen LogP contribution in [0.1, 0.15) is 0 Å². The number of rotatable bonds is 4. The number of aliphatic hydroxyl groups excluding tert-OH is 1. The quantitative estimate of drug-likeness (QED) is 0.330. The zero-order valence-corrected chi connectivity index (χ0v) is 5.58. The predicted octanol–water partition coefficient (Wildman–Crippen LogP) is -3.00. The van der Waals surface area contributed by atoms with Crippen LogP contribution in [0.5, 0.6) is 0 Å². The molecule has 0 rings (SSSR count). The van der Waals surface area contributed by atoms with Gasteiger partial charge in [0.1, 0.15) is 0 Å². The van der Waals surface area contributed by atoms with Crippen molar-refractivity contribution in [2.75, 3.05) is 12.4 Å². The molecule has 0 aliphatic heterocycles. The van der Waals surface area contributed by atoms with E-state index in [-0.39, 0.29) is 12.4 Å². The van der Waals surface area contributed by atoms with Crippen LogP contribution in [0.15, 0.2) is 0 Å². The lowest BCUT2D eigenvalue weighted by atomic mass is 10.2. The fraction of sp³-hybridized carbons (Fsp3) is 1.00. The smallest absolute Gasteiger partial charge is 0.0683 e. The van der Waals surface area contributed by atoms with Gasteiger partial charge in [0.15, 0.2) is 0 Å². The summed E-state index contributed by atoms with van der Waals surface area (Å²) in [5.41, 5.74) is 0. The van der Waals surface area contributed by atoms with Crippen molar-refractivity contribution >= 4 is 20.0 Å². The Morgan fingerprint density at radius 1 is 1.67 bits per heavy atom. The van der Waals surface area contributed by atoms with Gasteiger partial charge >= 0.3 is 0 Å². The summed E-state index contributed by atoms with van der Waals surface area (Å²) in [5, 5.41) is 27.8. The molecule has 0 radical (unpaired) electrons. The highest BCUT2D eigenvalue weighted by Crippen LogP contribution is 1.91. The molecule has 0 aromatic rings. The summed E-state index contributed by atoms with van der Waals surface area (Å²) < 4.78 is 4.11. The van der Waals surface area contributed by atoms with Crippen molar-refractivity contribution < 1.29 is 19.8 Å². The lowest BCUT2D eigenvalue weighted by Crippen LogP contribution is -2.51. The molecule has 0 saturated carbocycles. The molecule has 4 nitrogen and oxygen atoms in total. The average molecular weight is 150 g/mol. The first-order valence-corrected chi connectivity index (χ1v) is 3.02. The Kier molecular flexibility index (Phi) is 5.22. The van der Waals surface area contributed by atoms with Crippen molar-refractivity contribution in [1.29, 1.82) is 0 Å². The van der Waals surface area contributed by atoms with E-state index in [0.717, 1.165) is 0 Å². The Labute approximate surface area is 59.0 Å². The van der Waals surface area contributed by atoms with Gasteiger partial charge in [0.05, 0.1) is 20.0 Å². The van der Waals surface area contributed by atoms with Crippen molar-refractivity contribution in [3.8, 4) is 0 Å². The van der Waals surface area contributed by atoms with Crippen LogP contribution >= 0.6 is 12.6 Å². The zero-order valence-electron chi connectivity index (χ0n) is 4.69. The van der Waals surface area contributed by atoms with Crippen LogP contribution in [-0.4, -0.2) is 30.9 Å². The highest BCUT2D eigenvalue weighted by Gasteiger charge is 2.00. The Morgan fingerprint density at radius 2 is 2.22 bits per heavy atom. The monoisotopic (exact) mass is 150 g/mol. The van der Waals surface area contributed by atoms with E-state index in [9.17, 15) is 10.0 Å². The van der Waals surface area contributed by atoms with Crippen molar-refractivity contribution in [3.05, 3.63) is 0 Å². The molecule has 0 fully saturated rings. The van der Waals surface area contributed by atoms with Gasteiger partial charge in [-0.1, -0.05) is 0 Å². The summed E-state index contributed by atoms with van der Waals surface area (Å²) in [6.45, 7) is -0.343. The topological polar surface area (TPSA) is 75.6 Å². The minimum atomic E-state index is -2.32. The fourth-order valence-corrected chi connectivity index (χ4v) is 0.502. The van der Waals surface area contributed by atoms with E-state index >= 15 is 0 Å². The van der Waals surface area contributed by atoms with Crippen LogP contribution in [-0.2, 0) is 4.65 Å². The first kappa shape index (κ1) is 9.25. The normalized spacial score (nSPS) is 13.3. The van der Waals surface area contributed by atoms with Crippen LogP contribution < -0.4 is 10.0 Å². The molecule has 6 heteroatoms. The number of hydrogen-bond donors (Lipinski definition) is 2. The molecule has 54 valence electrons. The van der Waals surface area contributed by atoms with Gasteiger partial charge in [-0.3, -0.25) is 0 Å². The summed E-state index contributed by atoms with van der Waals surface area (Å²) in [7, 11) is -2.32. The summed E-state index contributed by atoms with van der Waals surface area (Å²) in [6, 6.07) is 0. The van der Waals surface area contributed by atoms with Gasteiger partial charge in [0, 0.05) is 5.75 Å². The maximum absolute atomic E-state index is 9.73. The number of hydrogen-bond acceptors (Lipinski definition) is 5. The molecule has 1 unspecified atom stereocenters. The number of thiol groups is 1. The van der Waals surface area contributed by atoms with Crippen molar-refractivity contribution in [1.82, 2.24) is 0 Å². The van der Waals surface area contributed by atoms with E-state index in [1.165, 1.54) is 0 Å². The highest BCUT2D eigenvalue weighted by molar-refractivity contribution is 7.80. The maximum Gasteiger partial charge on any atom is 0.0683 e. The summed E-state index contributed by atoms with van der Waals surface area (Å²) >= 11 is 3.71. The minimum Gasteiger partial charge on any atom is -0.871 e. The second-order valence-electron chi connectivity index (χ2n) is 1.41. The molecule has 1 N–H and O–H groups in total. The third-order valence-electron chi connectivity index (χ3n) is 0.711. The first-order valence-electron chi connectivity index (χ1n) is 2.39. The van der Waals surface area contributed by atoms with Gasteiger partial charge in [0.25, 0.3) is 0 Å². The van der Waals surface area contributed by atoms with Crippen LogP contribution in [0.2, 0.25) is 0 Å². The molecule has 1 atom stereocenters. The second kappa shape index (κ2) is 5.07. The SMILES string of the molecule is [O-]B([O-])OC(CO)CS. The highest BCUT2D eigenvalue weighted by atomic mass is 32.1. The first-order chi connectivity index (χ1) is 4.20. The third kappa shape index (κ3) is 4.74. The van der Waals surface area contributed by atoms with E-state index in [4.69, 9.17) is 5.11 Å². The molecule has 0 aromatic heterocycles. The van der Waals surface area contributed by atoms with Gasteiger partial charge in [0.2, 0.25) is 0 Å². The molecule has 0 aliphatic rings. The molecule has 0 bridgehead atoms. The van der Waals surface area contributed by atoms with Gasteiger partial charge in [-0.25, -0.2) is 0 Å². The lowest BCUT2D eigenvalue weighted by Gasteiger charge is -2.30. The van der Waals surface area contributed by atoms with E-state index < -0.39 is 13.4 Å². The molecule has 0 aliphatic carbocycles. The molecule has 0 aromatic carbocycles. The Hall–Kier alpha value is 0.255. The number of aliphatic hydroxyl groups is 1. The maximum atomic E-state index is 9.73. The van der Waals surface area contributed by atoms with Crippen molar-refractivity contribution in [3.63, 3.8) is 0 Å². The fourth-order valence-electron chi connectivity index (χ4n) is 0.301. The molecule has 0 heterocycles. The summed E-state index contributed by atoms with van der Waals surface area (Å²) in [6.07, 6.45) is -0.728. The predicted molar refractivity (Wildman–Crippen MR) is 31.6 cm³/mol. The largest absolute Gasteiger partial charge is 0.871 e. The van der Waals surface area contributed by atoms with E-state index in [1.807, 2.05) is 0 Å². The molecule has 0 amide bonds.